The lowest BCUT2D eigenvalue weighted by molar-refractivity contribution is 0.121. The maximum atomic E-state index is 6.02. The Morgan fingerprint density at radius 1 is 1.53 bits per heavy atom. The van der Waals surface area contributed by atoms with E-state index in [1.165, 1.54) is 0 Å². The van der Waals surface area contributed by atoms with E-state index in [-0.39, 0.29) is 6.04 Å². The highest BCUT2D eigenvalue weighted by Gasteiger charge is 2.10. The van der Waals surface area contributed by atoms with Crippen LogP contribution < -0.4 is 5.73 Å². The summed E-state index contributed by atoms with van der Waals surface area (Å²) < 4.78 is 6.55. The van der Waals surface area contributed by atoms with Gasteiger partial charge in [-0.05, 0) is 52.8 Å². The van der Waals surface area contributed by atoms with Crippen molar-refractivity contribution in [3.05, 3.63) is 32.4 Å². The lowest BCUT2D eigenvalue weighted by Crippen LogP contribution is -2.18. The summed E-state index contributed by atoms with van der Waals surface area (Å²) in [6.45, 7) is 3.38. The molecule has 0 saturated carbocycles. The van der Waals surface area contributed by atoms with Crippen molar-refractivity contribution < 1.29 is 4.74 Å². The fourth-order valence-corrected chi connectivity index (χ4v) is 2.16. The van der Waals surface area contributed by atoms with Gasteiger partial charge in [-0.1, -0.05) is 18.5 Å². The van der Waals surface area contributed by atoms with Crippen LogP contribution in [-0.4, -0.2) is 13.2 Å². The predicted octanol–water partition coefficient (Wildman–Crippen LogP) is 3.37. The molecule has 4 heteroatoms. The van der Waals surface area contributed by atoms with Crippen LogP contribution in [0.15, 0.2) is 18.2 Å². The summed E-state index contributed by atoms with van der Waals surface area (Å²) in [6, 6.07) is 5.65. The van der Waals surface area contributed by atoms with Crippen LogP contribution >= 0.6 is 34.2 Å². The summed E-state index contributed by atoms with van der Waals surface area (Å²) in [4.78, 5) is 0. The fraction of sp³-hybridized carbons (Fsp3) is 0.455. The molecule has 0 radical (unpaired) electrons. The Labute approximate surface area is 109 Å². The number of nitrogens with two attached hydrogens (primary N) is 1. The molecule has 0 bridgehead atoms. The Balaban J connectivity index is 2.64. The average Bonchev–Trinajstić information content (AvgIpc) is 2.22. The van der Waals surface area contributed by atoms with E-state index in [4.69, 9.17) is 22.1 Å². The molecule has 0 aromatic heterocycles. The monoisotopic (exact) mass is 339 g/mol. The van der Waals surface area contributed by atoms with Gasteiger partial charge >= 0.3 is 0 Å². The van der Waals surface area contributed by atoms with Gasteiger partial charge in [0, 0.05) is 15.2 Å². The van der Waals surface area contributed by atoms with E-state index < -0.39 is 0 Å². The highest BCUT2D eigenvalue weighted by atomic mass is 127. The Bertz CT molecular complexity index is 319. The summed E-state index contributed by atoms with van der Waals surface area (Å²) in [6.07, 6.45) is 1.01. The zero-order valence-electron chi connectivity index (χ0n) is 8.67. The largest absolute Gasteiger partial charge is 0.379 e. The van der Waals surface area contributed by atoms with Crippen molar-refractivity contribution in [3.63, 3.8) is 0 Å². The van der Waals surface area contributed by atoms with Gasteiger partial charge in [0.25, 0.3) is 0 Å². The van der Waals surface area contributed by atoms with E-state index in [0.717, 1.165) is 27.2 Å². The van der Waals surface area contributed by atoms with E-state index in [1.54, 1.807) is 0 Å². The van der Waals surface area contributed by atoms with Gasteiger partial charge in [-0.25, -0.2) is 0 Å². The Hall–Kier alpha value is 0.160. The lowest BCUT2D eigenvalue weighted by Gasteiger charge is -2.14. The van der Waals surface area contributed by atoms with E-state index >= 15 is 0 Å². The molecule has 0 heterocycles. The Morgan fingerprint density at radius 3 is 2.93 bits per heavy atom. The zero-order valence-corrected chi connectivity index (χ0v) is 11.6. The first kappa shape index (κ1) is 13.2. The molecule has 1 rings (SSSR count). The van der Waals surface area contributed by atoms with Crippen molar-refractivity contribution in [1.29, 1.82) is 0 Å². The number of ether oxygens (including phenoxy) is 1. The van der Waals surface area contributed by atoms with E-state index in [9.17, 15) is 0 Å². The zero-order chi connectivity index (χ0) is 11.3. The number of benzene rings is 1. The van der Waals surface area contributed by atoms with Crippen LogP contribution in [-0.2, 0) is 4.74 Å². The van der Waals surface area contributed by atoms with Crippen molar-refractivity contribution in [3.8, 4) is 0 Å². The van der Waals surface area contributed by atoms with Crippen LogP contribution in [0.3, 0.4) is 0 Å². The normalized spacial score (nSPS) is 12.8. The Kier molecular flexibility index (Phi) is 5.89. The van der Waals surface area contributed by atoms with Crippen LogP contribution in [0.4, 0.5) is 0 Å². The SMILES string of the molecule is CCCOCC(N)c1cc(Cl)ccc1I. The first-order valence-electron chi connectivity index (χ1n) is 4.93. The standard InChI is InChI=1S/C11H15ClINO/c1-2-5-15-7-11(14)9-6-8(12)3-4-10(9)13/h3-4,6,11H,2,5,7,14H2,1H3. The molecule has 1 atom stereocenters. The van der Waals surface area contributed by atoms with Crippen molar-refractivity contribution in [1.82, 2.24) is 0 Å². The van der Waals surface area contributed by atoms with E-state index in [0.29, 0.717) is 6.61 Å². The van der Waals surface area contributed by atoms with Crippen molar-refractivity contribution in [2.75, 3.05) is 13.2 Å². The molecule has 0 aliphatic heterocycles. The molecule has 0 amide bonds. The fourth-order valence-electron chi connectivity index (χ4n) is 1.24. The molecule has 84 valence electrons. The van der Waals surface area contributed by atoms with Gasteiger partial charge < -0.3 is 10.5 Å². The predicted molar refractivity (Wildman–Crippen MR) is 72.2 cm³/mol. The van der Waals surface area contributed by atoms with Crippen LogP contribution in [0.2, 0.25) is 5.02 Å². The van der Waals surface area contributed by atoms with Gasteiger partial charge in [0.05, 0.1) is 12.6 Å². The molecule has 15 heavy (non-hydrogen) atoms. The smallest absolute Gasteiger partial charge is 0.0659 e. The molecule has 2 nitrogen and oxygen atoms in total. The van der Waals surface area contributed by atoms with Crippen molar-refractivity contribution >= 4 is 34.2 Å². The molecule has 1 aromatic rings. The summed E-state index contributed by atoms with van der Waals surface area (Å²) in [5.74, 6) is 0. The van der Waals surface area contributed by atoms with Crippen LogP contribution in [0.1, 0.15) is 24.9 Å². The maximum absolute atomic E-state index is 6.02. The van der Waals surface area contributed by atoms with Crippen LogP contribution in [0, 0.1) is 3.57 Å². The minimum Gasteiger partial charge on any atom is -0.379 e. The quantitative estimate of drug-likeness (QED) is 0.659. The number of halogens is 2. The minimum atomic E-state index is -0.0952. The molecule has 2 N–H and O–H groups in total. The summed E-state index contributed by atoms with van der Waals surface area (Å²) in [5.41, 5.74) is 7.07. The van der Waals surface area contributed by atoms with Gasteiger partial charge in [0.15, 0.2) is 0 Å². The third-order valence-corrected chi connectivity index (χ3v) is 3.22. The second-order valence-corrected chi connectivity index (χ2v) is 4.95. The molecule has 1 aromatic carbocycles. The highest BCUT2D eigenvalue weighted by Crippen LogP contribution is 2.22. The van der Waals surface area contributed by atoms with Gasteiger partial charge in [-0.3, -0.25) is 0 Å². The molecule has 0 spiro atoms. The molecule has 1 unspecified atom stereocenters. The number of hydrogen-bond acceptors (Lipinski definition) is 2. The molecule has 0 aliphatic rings. The Morgan fingerprint density at radius 2 is 2.27 bits per heavy atom. The topological polar surface area (TPSA) is 35.2 Å². The minimum absolute atomic E-state index is 0.0952. The first-order valence-corrected chi connectivity index (χ1v) is 6.39. The van der Waals surface area contributed by atoms with E-state index in [1.807, 2.05) is 18.2 Å². The van der Waals surface area contributed by atoms with Crippen molar-refractivity contribution in [2.24, 2.45) is 5.73 Å². The van der Waals surface area contributed by atoms with Crippen molar-refractivity contribution in [2.45, 2.75) is 19.4 Å². The second-order valence-electron chi connectivity index (χ2n) is 3.35. The molecule has 0 saturated heterocycles. The third-order valence-electron chi connectivity index (χ3n) is 2.00. The van der Waals surface area contributed by atoms with Crippen LogP contribution in [0.5, 0.6) is 0 Å². The molecular formula is C11H15ClINO. The average molecular weight is 340 g/mol. The van der Waals surface area contributed by atoms with Crippen LogP contribution in [0.25, 0.3) is 0 Å². The third kappa shape index (κ3) is 4.26. The summed E-state index contributed by atoms with van der Waals surface area (Å²) in [5, 5.41) is 0.719. The number of rotatable bonds is 5. The second kappa shape index (κ2) is 6.68. The van der Waals surface area contributed by atoms with Gasteiger partial charge in [0.1, 0.15) is 0 Å². The maximum Gasteiger partial charge on any atom is 0.0659 e. The number of hydrogen-bond donors (Lipinski definition) is 1. The van der Waals surface area contributed by atoms with Gasteiger partial charge in [-0.2, -0.15) is 0 Å². The summed E-state index contributed by atoms with van der Waals surface area (Å²) in [7, 11) is 0. The van der Waals surface area contributed by atoms with Gasteiger partial charge in [0.2, 0.25) is 0 Å². The molecule has 0 fully saturated rings. The lowest BCUT2D eigenvalue weighted by atomic mass is 10.1. The summed E-state index contributed by atoms with van der Waals surface area (Å²) >= 11 is 8.18. The van der Waals surface area contributed by atoms with E-state index in [2.05, 4.69) is 29.5 Å². The molecule has 0 aliphatic carbocycles. The van der Waals surface area contributed by atoms with Gasteiger partial charge in [-0.15, -0.1) is 0 Å². The first-order chi connectivity index (χ1) is 7.15. The molecular weight excluding hydrogens is 324 g/mol. The highest BCUT2D eigenvalue weighted by molar-refractivity contribution is 14.1.